The molecule has 3 heteroatoms. The molecule has 1 aromatic carbocycles. The Bertz CT molecular complexity index is 368. The van der Waals surface area contributed by atoms with Gasteiger partial charge >= 0.3 is 0 Å². The van der Waals surface area contributed by atoms with Crippen LogP contribution in [0.4, 0.5) is 0 Å². The van der Waals surface area contributed by atoms with Gasteiger partial charge in [-0.05, 0) is 23.6 Å². The minimum absolute atomic E-state index is 0.232. The number of ether oxygens (including phenoxy) is 1. The molecule has 20 heavy (non-hydrogen) atoms. The second-order valence-corrected chi connectivity index (χ2v) is 6.42. The Morgan fingerprint density at radius 3 is 2.30 bits per heavy atom. The molecule has 1 N–H and O–H groups in total. The highest BCUT2D eigenvalue weighted by Gasteiger charge is 2.12. The molecule has 0 unspecified atom stereocenters. The first-order valence-electron chi connectivity index (χ1n) is 7.41. The molecular formula is C17H30N2O. The predicted molar refractivity (Wildman–Crippen MR) is 86.2 cm³/mol. The predicted octanol–water partition coefficient (Wildman–Crippen LogP) is 2.65. The van der Waals surface area contributed by atoms with E-state index in [0.717, 1.165) is 32.8 Å². The molecule has 0 aliphatic heterocycles. The number of rotatable bonds is 8. The van der Waals surface area contributed by atoms with Crippen LogP contribution in [0.3, 0.4) is 0 Å². The van der Waals surface area contributed by atoms with Gasteiger partial charge in [-0.1, -0.05) is 45.0 Å². The summed E-state index contributed by atoms with van der Waals surface area (Å²) in [5.41, 5.74) is 2.97. The van der Waals surface area contributed by atoms with Gasteiger partial charge in [-0.2, -0.15) is 0 Å². The third-order valence-electron chi connectivity index (χ3n) is 3.50. The normalized spacial score (nSPS) is 12.1. The molecule has 0 saturated heterocycles. The van der Waals surface area contributed by atoms with Crippen molar-refractivity contribution in [3.8, 4) is 0 Å². The Morgan fingerprint density at radius 2 is 1.75 bits per heavy atom. The fourth-order valence-corrected chi connectivity index (χ4v) is 1.98. The maximum absolute atomic E-state index is 5.06. The molecule has 0 atom stereocenters. The van der Waals surface area contributed by atoms with Gasteiger partial charge in [0.05, 0.1) is 6.61 Å². The molecular weight excluding hydrogens is 248 g/mol. The monoisotopic (exact) mass is 278 g/mol. The lowest BCUT2D eigenvalue weighted by atomic mass is 9.87. The van der Waals surface area contributed by atoms with Gasteiger partial charge in [-0.25, -0.2) is 0 Å². The molecule has 0 bridgehead atoms. The van der Waals surface area contributed by atoms with E-state index >= 15 is 0 Å². The van der Waals surface area contributed by atoms with Crippen LogP contribution in [0.1, 0.15) is 31.9 Å². The smallest absolute Gasteiger partial charge is 0.0589 e. The van der Waals surface area contributed by atoms with Crippen LogP contribution in [0.2, 0.25) is 0 Å². The SMILES string of the molecule is COCCN(C)CCNCc1ccc(C(C)(C)C)cc1. The third kappa shape index (κ3) is 6.51. The molecule has 114 valence electrons. The van der Waals surface area contributed by atoms with Crippen LogP contribution in [0.15, 0.2) is 24.3 Å². The second-order valence-electron chi connectivity index (χ2n) is 6.42. The van der Waals surface area contributed by atoms with Crippen LogP contribution in [0, 0.1) is 0 Å². The standard InChI is InChI=1S/C17H30N2O/c1-17(2,3)16-8-6-15(7-9-16)14-18-10-11-19(4)12-13-20-5/h6-9,18H,10-14H2,1-5H3. The molecule has 0 fully saturated rings. The second kappa shape index (κ2) is 8.40. The topological polar surface area (TPSA) is 24.5 Å². The van der Waals surface area contributed by atoms with Crippen molar-refractivity contribution < 1.29 is 4.74 Å². The van der Waals surface area contributed by atoms with E-state index in [1.807, 2.05) is 0 Å². The number of nitrogens with one attached hydrogen (secondary N) is 1. The molecule has 0 aliphatic carbocycles. The first-order chi connectivity index (χ1) is 9.43. The summed E-state index contributed by atoms with van der Waals surface area (Å²) in [6.07, 6.45) is 0. The molecule has 1 aromatic rings. The number of hydrogen-bond donors (Lipinski definition) is 1. The molecule has 0 amide bonds. The fraction of sp³-hybridized carbons (Fsp3) is 0.647. The highest BCUT2D eigenvalue weighted by atomic mass is 16.5. The summed E-state index contributed by atoms with van der Waals surface area (Å²) in [6, 6.07) is 8.92. The van der Waals surface area contributed by atoms with E-state index in [4.69, 9.17) is 4.74 Å². The van der Waals surface area contributed by atoms with Gasteiger partial charge in [0.25, 0.3) is 0 Å². The highest BCUT2D eigenvalue weighted by molar-refractivity contribution is 5.27. The van der Waals surface area contributed by atoms with E-state index < -0.39 is 0 Å². The van der Waals surface area contributed by atoms with Crippen LogP contribution in [0.25, 0.3) is 0 Å². The maximum atomic E-state index is 5.06. The largest absolute Gasteiger partial charge is 0.383 e. The number of methoxy groups -OCH3 is 1. The fourth-order valence-electron chi connectivity index (χ4n) is 1.98. The van der Waals surface area contributed by atoms with Crippen LogP contribution in [-0.2, 0) is 16.7 Å². The van der Waals surface area contributed by atoms with Crippen molar-refractivity contribution in [3.05, 3.63) is 35.4 Å². The van der Waals surface area contributed by atoms with E-state index in [0.29, 0.717) is 0 Å². The van der Waals surface area contributed by atoms with Crippen LogP contribution in [-0.4, -0.2) is 45.3 Å². The average Bonchev–Trinajstić information content (AvgIpc) is 2.41. The van der Waals surface area contributed by atoms with Gasteiger partial charge in [0.2, 0.25) is 0 Å². The van der Waals surface area contributed by atoms with Crippen LogP contribution in [0.5, 0.6) is 0 Å². The summed E-state index contributed by atoms with van der Waals surface area (Å²) in [5.74, 6) is 0. The lowest BCUT2D eigenvalue weighted by Gasteiger charge is -2.19. The quantitative estimate of drug-likeness (QED) is 0.740. The van der Waals surface area contributed by atoms with E-state index in [1.54, 1.807) is 7.11 Å². The van der Waals surface area contributed by atoms with Gasteiger partial charge in [-0.3, -0.25) is 0 Å². The van der Waals surface area contributed by atoms with E-state index in [2.05, 4.69) is 62.3 Å². The van der Waals surface area contributed by atoms with Gasteiger partial charge in [-0.15, -0.1) is 0 Å². The third-order valence-corrected chi connectivity index (χ3v) is 3.50. The molecule has 0 aliphatic rings. The first-order valence-corrected chi connectivity index (χ1v) is 7.41. The number of likely N-dealkylation sites (N-methyl/N-ethyl adjacent to an activating group) is 1. The minimum Gasteiger partial charge on any atom is -0.383 e. The molecule has 1 rings (SSSR count). The van der Waals surface area contributed by atoms with Crippen molar-refractivity contribution in [2.75, 3.05) is 40.4 Å². The Kier molecular flexibility index (Phi) is 7.20. The minimum atomic E-state index is 0.232. The van der Waals surface area contributed by atoms with Crippen LogP contribution < -0.4 is 5.32 Å². The molecule has 0 saturated carbocycles. The first kappa shape index (κ1) is 17.2. The van der Waals surface area contributed by atoms with Crippen molar-refractivity contribution in [1.82, 2.24) is 10.2 Å². The van der Waals surface area contributed by atoms with Crippen molar-refractivity contribution in [1.29, 1.82) is 0 Å². The van der Waals surface area contributed by atoms with Gasteiger partial charge in [0, 0.05) is 33.3 Å². The summed E-state index contributed by atoms with van der Waals surface area (Å²) in [6.45, 7) is 11.5. The van der Waals surface area contributed by atoms with Crippen molar-refractivity contribution in [2.24, 2.45) is 0 Å². The van der Waals surface area contributed by atoms with E-state index in [-0.39, 0.29) is 5.41 Å². The van der Waals surface area contributed by atoms with Crippen molar-refractivity contribution in [3.63, 3.8) is 0 Å². The Hall–Kier alpha value is -0.900. The lowest BCUT2D eigenvalue weighted by molar-refractivity contribution is 0.161. The number of hydrogen-bond acceptors (Lipinski definition) is 3. The molecule has 0 aromatic heterocycles. The van der Waals surface area contributed by atoms with Gasteiger partial charge in [0.1, 0.15) is 0 Å². The Morgan fingerprint density at radius 1 is 1.10 bits per heavy atom. The summed E-state index contributed by atoms with van der Waals surface area (Å²) < 4.78 is 5.06. The zero-order valence-corrected chi connectivity index (χ0v) is 13.7. The number of benzene rings is 1. The van der Waals surface area contributed by atoms with E-state index in [9.17, 15) is 0 Å². The summed E-state index contributed by atoms with van der Waals surface area (Å²) >= 11 is 0. The lowest BCUT2D eigenvalue weighted by Crippen LogP contribution is -2.31. The van der Waals surface area contributed by atoms with Crippen molar-refractivity contribution >= 4 is 0 Å². The highest BCUT2D eigenvalue weighted by Crippen LogP contribution is 2.21. The molecule has 0 heterocycles. The Balaban J connectivity index is 2.26. The van der Waals surface area contributed by atoms with Crippen molar-refractivity contribution in [2.45, 2.75) is 32.7 Å². The zero-order chi connectivity index (χ0) is 15.0. The number of nitrogens with zero attached hydrogens (tertiary/aromatic N) is 1. The Labute approximate surface area is 124 Å². The van der Waals surface area contributed by atoms with Gasteiger partial charge in [0.15, 0.2) is 0 Å². The summed E-state index contributed by atoms with van der Waals surface area (Å²) in [5, 5.41) is 3.48. The summed E-state index contributed by atoms with van der Waals surface area (Å²) in [4.78, 5) is 2.28. The van der Waals surface area contributed by atoms with E-state index in [1.165, 1.54) is 11.1 Å². The molecule has 3 nitrogen and oxygen atoms in total. The molecule has 0 spiro atoms. The van der Waals surface area contributed by atoms with Gasteiger partial charge < -0.3 is 15.0 Å². The summed E-state index contributed by atoms with van der Waals surface area (Å²) in [7, 11) is 3.87. The average molecular weight is 278 g/mol. The zero-order valence-electron chi connectivity index (χ0n) is 13.7. The van der Waals surface area contributed by atoms with Crippen LogP contribution >= 0.6 is 0 Å². The maximum Gasteiger partial charge on any atom is 0.0589 e. The molecule has 0 radical (unpaired) electrons.